The summed E-state index contributed by atoms with van der Waals surface area (Å²) in [5, 5.41) is 4.86. The van der Waals surface area contributed by atoms with Crippen LogP contribution in [0.3, 0.4) is 0 Å². The Morgan fingerprint density at radius 1 is 0.469 bits per heavy atom. The number of hydrogen-bond donors (Lipinski definition) is 0. The Bertz CT molecular complexity index is 2800. The Balaban J connectivity index is 1.27. The number of ketones is 1. The van der Waals surface area contributed by atoms with Gasteiger partial charge in [0.1, 0.15) is 0 Å². The van der Waals surface area contributed by atoms with Gasteiger partial charge in [-0.3, -0.25) is 4.79 Å². The van der Waals surface area contributed by atoms with Gasteiger partial charge in [-0.1, -0.05) is 123 Å². The molecular weight excluding hydrogens is 597 g/mol. The van der Waals surface area contributed by atoms with Crippen LogP contribution in [0.5, 0.6) is 0 Å². The number of para-hydroxylation sites is 3. The summed E-state index contributed by atoms with van der Waals surface area (Å²) in [5.74, 6) is 0.0888. The highest BCUT2D eigenvalue weighted by Crippen LogP contribution is 2.47. The lowest BCUT2D eigenvalue weighted by atomic mass is 9.67. The van der Waals surface area contributed by atoms with Crippen molar-refractivity contribution >= 4 is 49.4 Å². The van der Waals surface area contributed by atoms with Crippen molar-refractivity contribution in [2.45, 2.75) is 19.3 Å². The van der Waals surface area contributed by atoms with Crippen LogP contribution < -0.4 is 0 Å². The van der Waals surface area contributed by atoms with E-state index in [2.05, 4.69) is 163 Å². The maximum atomic E-state index is 14.5. The van der Waals surface area contributed by atoms with Crippen molar-refractivity contribution in [3.8, 4) is 22.5 Å². The zero-order valence-electron chi connectivity index (χ0n) is 27.3. The van der Waals surface area contributed by atoms with Gasteiger partial charge in [-0.25, -0.2) is 0 Å². The van der Waals surface area contributed by atoms with E-state index in [1.165, 1.54) is 38.1 Å². The van der Waals surface area contributed by atoms with Crippen LogP contribution in [0.1, 0.15) is 40.9 Å². The summed E-state index contributed by atoms with van der Waals surface area (Å²) in [6.45, 7) is 4.51. The van der Waals surface area contributed by atoms with Crippen LogP contribution in [0.15, 0.2) is 158 Å². The molecule has 49 heavy (non-hydrogen) atoms. The zero-order chi connectivity index (χ0) is 32.9. The molecule has 0 spiro atoms. The maximum absolute atomic E-state index is 14.5. The standard InChI is InChI=1S/C46H32N2O/c1-46(2)37-21-13-20-32(29-14-5-3-6-15-29)42(37)45(49)35-25-24-31(28-38(35)46)48-39-22-11-9-18-33(39)34-26-27-41-43(44(34)48)36-19-10-12-23-40(36)47(41)30-16-7-4-8-17-30/h3-28H,1-2H3. The average molecular weight is 629 g/mol. The molecule has 3 heteroatoms. The molecule has 0 fully saturated rings. The molecule has 1 aliphatic rings. The molecule has 10 rings (SSSR count). The maximum Gasteiger partial charge on any atom is 0.194 e. The first-order valence-electron chi connectivity index (χ1n) is 16.9. The molecule has 0 radical (unpaired) electrons. The SMILES string of the molecule is CC1(C)c2cc(-n3c4ccccc4c4ccc5c(c6ccccc6n5-c5ccccc5)c43)ccc2C(=O)c2c(-c3ccccc3)cccc21. The summed E-state index contributed by atoms with van der Waals surface area (Å²) < 4.78 is 4.80. The summed E-state index contributed by atoms with van der Waals surface area (Å²) in [6.07, 6.45) is 0. The van der Waals surface area contributed by atoms with Gasteiger partial charge >= 0.3 is 0 Å². The van der Waals surface area contributed by atoms with Crippen molar-refractivity contribution in [3.63, 3.8) is 0 Å². The Labute approximate surface area is 284 Å². The number of aromatic nitrogens is 2. The molecule has 9 aromatic rings. The molecule has 2 heterocycles. The number of hydrogen-bond acceptors (Lipinski definition) is 1. The first kappa shape index (κ1) is 27.9. The lowest BCUT2D eigenvalue weighted by molar-refractivity contribution is 0.103. The minimum atomic E-state index is -0.392. The molecule has 232 valence electrons. The van der Waals surface area contributed by atoms with E-state index >= 15 is 0 Å². The van der Waals surface area contributed by atoms with Crippen LogP contribution in [0.4, 0.5) is 0 Å². The van der Waals surface area contributed by atoms with E-state index in [0.717, 1.165) is 50.3 Å². The van der Waals surface area contributed by atoms with Gasteiger partial charge in [0.05, 0.1) is 22.1 Å². The summed E-state index contributed by atoms with van der Waals surface area (Å²) in [7, 11) is 0. The van der Waals surface area contributed by atoms with Gasteiger partial charge in [-0.05, 0) is 70.8 Å². The molecule has 0 unspecified atom stereocenters. The van der Waals surface area contributed by atoms with E-state index in [9.17, 15) is 4.79 Å². The molecule has 0 saturated carbocycles. The number of rotatable bonds is 3. The third-order valence-electron chi connectivity index (χ3n) is 10.7. The molecule has 7 aromatic carbocycles. The lowest BCUT2D eigenvalue weighted by Crippen LogP contribution is -2.31. The van der Waals surface area contributed by atoms with E-state index in [4.69, 9.17) is 0 Å². The largest absolute Gasteiger partial charge is 0.309 e. The zero-order valence-corrected chi connectivity index (χ0v) is 27.3. The molecule has 1 aliphatic carbocycles. The third kappa shape index (κ3) is 3.81. The fourth-order valence-electron chi connectivity index (χ4n) is 8.47. The number of fused-ring (bicyclic) bond motifs is 9. The summed E-state index contributed by atoms with van der Waals surface area (Å²) in [4.78, 5) is 14.5. The lowest BCUT2D eigenvalue weighted by Gasteiger charge is -2.35. The number of carbonyl (C=O) groups excluding carboxylic acids is 1. The average Bonchev–Trinajstić information content (AvgIpc) is 3.67. The molecule has 0 amide bonds. The van der Waals surface area contributed by atoms with E-state index in [-0.39, 0.29) is 5.78 Å². The minimum Gasteiger partial charge on any atom is -0.309 e. The normalized spacial score (nSPS) is 13.7. The van der Waals surface area contributed by atoms with Crippen LogP contribution >= 0.6 is 0 Å². The van der Waals surface area contributed by atoms with Crippen LogP contribution in [0, 0.1) is 0 Å². The Hall–Kier alpha value is -6.19. The fourth-order valence-corrected chi connectivity index (χ4v) is 8.47. The molecule has 3 nitrogen and oxygen atoms in total. The first-order valence-corrected chi connectivity index (χ1v) is 16.9. The molecule has 0 N–H and O–H groups in total. The van der Waals surface area contributed by atoms with Gasteiger partial charge in [-0.15, -0.1) is 0 Å². The van der Waals surface area contributed by atoms with E-state index in [1.54, 1.807) is 0 Å². The second-order valence-electron chi connectivity index (χ2n) is 13.7. The highest BCUT2D eigenvalue weighted by molar-refractivity contribution is 6.26. The predicted octanol–water partition coefficient (Wildman–Crippen LogP) is 11.4. The predicted molar refractivity (Wildman–Crippen MR) is 203 cm³/mol. The monoisotopic (exact) mass is 628 g/mol. The van der Waals surface area contributed by atoms with Gasteiger partial charge in [0.15, 0.2) is 5.78 Å². The van der Waals surface area contributed by atoms with E-state index in [1.807, 2.05) is 18.2 Å². The Morgan fingerprint density at radius 2 is 1.14 bits per heavy atom. The fraction of sp³-hybridized carbons (Fsp3) is 0.0652. The van der Waals surface area contributed by atoms with Crippen LogP contribution in [0.2, 0.25) is 0 Å². The Morgan fingerprint density at radius 3 is 1.92 bits per heavy atom. The van der Waals surface area contributed by atoms with Crippen molar-refractivity contribution in [2.24, 2.45) is 0 Å². The minimum absolute atomic E-state index is 0.0888. The molecule has 0 saturated heterocycles. The summed E-state index contributed by atoms with van der Waals surface area (Å²) in [6, 6.07) is 55.6. The Kier molecular flexibility index (Phi) is 5.78. The second-order valence-corrected chi connectivity index (χ2v) is 13.7. The quantitative estimate of drug-likeness (QED) is 0.191. The second kappa shape index (κ2) is 10.2. The highest BCUT2D eigenvalue weighted by Gasteiger charge is 2.38. The van der Waals surface area contributed by atoms with Crippen molar-refractivity contribution in [3.05, 3.63) is 180 Å². The highest BCUT2D eigenvalue weighted by atomic mass is 16.1. The van der Waals surface area contributed by atoms with Crippen molar-refractivity contribution in [2.75, 3.05) is 0 Å². The molecular formula is C46H32N2O. The smallest absolute Gasteiger partial charge is 0.194 e. The van der Waals surface area contributed by atoms with Crippen LogP contribution in [-0.4, -0.2) is 14.9 Å². The van der Waals surface area contributed by atoms with Crippen LogP contribution in [0.25, 0.3) is 66.1 Å². The van der Waals surface area contributed by atoms with E-state index < -0.39 is 5.41 Å². The van der Waals surface area contributed by atoms with Gasteiger partial charge in [0.25, 0.3) is 0 Å². The van der Waals surface area contributed by atoms with Gasteiger partial charge in [-0.2, -0.15) is 0 Å². The van der Waals surface area contributed by atoms with Gasteiger partial charge in [0, 0.05) is 49.5 Å². The number of carbonyl (C=O) groups is 1. The molecule has 2 aromatic heterocycles. The van der Waals surface area contributed by atoms with Crippen LogP contribution in [-0.2, 0) is 5.41 Å². The number of benzene rings is 7. The summed E-state index contributed by atoms with van der Waals surface area (Å²) in [5.41, 5.74) is 12.2. The first-order chi connectivity index (χ1) is 24.0. The van der Waals surface area contributed by atoms with Gasteiger partial charge < -0.3 is 9.13 Å². The van der Waals surface area contributed by atoms with E-state index in [0.29, 0.717) is 0 Å². The number of nitrogens with zero attached hydrogens (tertiary/aromatic N) is 2. The van der Waals surface area contributed by atoms with Crippen molar-refractivity contribution < 1.29 is 4.79 Å². The summed E-state index contributed by atoms with van der Waals surface area (Å²) >= 11 is 0. The third-order valence-corrected chi connectivity index (χ3v) is 10.7. The topological polar surface area (TPSA) is 26.9 Å². The van der Waals surface area contributed by atoms with Gasteiger partial charge in [0.2, 0.25) is 0 Å². The molecule has 0 atom stereocenters. The van der Waals surface area contributed by atoms with Crippen molar-refractivity contribution in [1.29, 1.82) is 0 Å². The molecule has 0 bridgehead atoms. The molecule has 0 aliphatic heterocycles. The van der Waals surface area contributed by atoms with Crippen molar-refractivity contribution in [1.82, 2.24) is 9.13 Å².